The van der Waals surface area contributed by atoms with E-state index in [0.717, 1.165) is 28.4 Å². The number of nitrogens with zero attached hydrogens (tertiary/aromatic N) is 4. The van der Waals surface area contributed by atoms with Crippen LogP contribution in [-0.2, 0) is 23.0 Å². The number of rotatable bonds is 9. The average Bonchev–Trinajstić information content (AvgIpc) is 3.35. The highest BCUT2D eigenvalue weighted by atomic mass is 32.2. The average molecular weight is 474 g/mol. The first kappa shape index (κ1) is 23.8. The quantitative estimate of drug-likeness (QED) is 0.370. The summed E-state index contributed by atoms with van der Waals surface area (Å²) in [5.74, 6) is 0.232. The van der Waals surface area contributed by atoms with Gasteiger partial charge in [-0.25, -0.2) is 4.79 Å². The third-order valence-electron chi connectivity index (χ3n) is 4.69. The molecule has 0 saturated heterocycles. The number of anilines is 2. The van der Waals surface area contributed by atoms with E-state index in [9.17, 15) is 9.59 Å². The van der Waals surface area contributed by atoms with Gasteiger partial charge < -0.3 is 19.5 Å². The van der Waals surface area contributed by atoms with Crippen LogP contribution in [0.4, 0.5) is 10.7 Å². The number of hydrogen-bond donors (Lipinski definition) is 1. The molecule has 0 spiro atoms. The topological polar surface area (TPSA) is 89.3 Å². The Hall–Kier alpha value is -2.85. The van der Waals surface area contributed by atoms with E-state index in [4.69, 9.17) is 4.74 Å². The van der Waals surface area contributed by atoms with Crippen molar-refractivity contribution in [1.29, 1.82) is 0 Å². The molecular formula is C22H27N5O3S2. The third-order valence-corrected chi connectivity index (χ3v) is 6.90. The molecule has 0 aliphatic heterocycles. The van der Waals surface area contributed by atoms with Crippen molar-refractivity contribution in [2.75, 3.05) is 36.7 Å². The number of amides is 1. The van der Waals surface area contributed by atoms with Crippen LogP contribution in [0.25, 0.3) is 11.4 Å². The number of ether oxygens (including phenoxy) is 1. The first-order chi connectivity index (χ1) is 15.3. The second kappa shape index (κ2) is 10.6. The van der Waals surface area contributed by atoms with Gasteiger partial charge in [0, 0.05) is 37.3 Å². The number of esters is 1. The van der Waals surface area contributed by atoms with Crippen LogP contribution in [0.1, 0.15) is 29.1 Å². The highest BCUT2D eigenvalue weighted by Gasteiger charge is 2.19. The molecule has 0 atom stereocenters. The minimum Gasteiger partial charge on any atom is -0.462 e. The number of aryl methyl sites for hydroxylation is 1. The Balaban J connectivity index is 1.66. The van der Waals surface area contributed by atoms with Crippen molar-refractivity contribution >= 4 is 45.7 Å². The molecular weight excluding hydrogens is 446 g/mol. The van der Waals surface area contributed by atoms with Crippen LogP contribution in [0, 0.1) is 0 Å². The molecule has 2 heterocycles. The summed E-state index contributed by atoms with van der Waals surface area (Å²) in [5.41, 5.74) is 2.45. The Labute approximate surface area is 196 Å². The van der Waals surface area contributed by atoms with Crippen molar-refractivity contribution in [2.24, 2.45) is 7.05 Å². The van der Waals surface area contributed by atoms with Gasteiger partial charge in [0.2, 0.25) is 5.91 Å². The Kier molecular flexibility index (Phi) is 7.92. The fraction of sp³-hybridized carbons (Fsp3) is 0.364. The molecule has 10 heteroatoms. The fourth-order valence-corrected chi connectivity index (χ4v) is 4.67. The fourth-order valence-electron chi connectivity index (χ4n) is 2.96. The summed E-state index contributed by atoms with van der Waals surface area (Å²) in [7, 11) is 5.86. The Morgan fingerprint density at radius 3 is 2.53 bits per heavy atom. The van der Waals surface area contributed by atoms with Crippen molar-refractivity contribution < 1.29 is 14.3 Å². The van der Waals surface area contributed by atoms with E-state index in [2.05, 4.69) is 15.5 Å². The number of carbonyl (C=O) groups is 2. The normalized spacial score (nSPS) is 10.8. The molecule has 1 amide bonds. The summed E-state index contributed by atoms with van der Waals surface area (Å²) < 4.78 is 6.97. The highest BCUT2D eigenvalue weighted by molar-refractivity contribution is 7.99. The van der Waals surface area contributed by atoms with Gasteiger partial charge in [-0.2, -0.15) is 0 Å². The lowest BCUT2D eigenvalue weighted by molar-refractivity contribution is -0.113. The van der Waals surface area contributed by atoms with E-state index in [1.807, 2.05) is 61.8 Å². The number of thioether (sulfide) groups is 1. The maximum atomic E-state index is 12.6. The summed E-state index contributed by atoms with van der Waals surface area (Å²) in [5, 5.41) is 12.5. The number of nitrogens with one attached hydrogen (secondary N) is 1. The van der Waals surface area contributed by atoms with E-state index in [0.29, 0.717) is 15.7 Å². The molecule has 0 aliphatic rings. The Morgan fingerprint density at radius 1 is 1.19 bits per heavy atom. The summed E-state index contributed by atoms with van der Waals surface area (Å²) in [4.78, 5) is 27.8. The Morgan fingerprint density at radius 2 is 1.91 bits per heavy atom. The molecule has 0 fully saturated rings. The van der Waals surface area contributed by atoms with E-state index in [1.165, 1.54) is 23.1 Å². The van der Waals surface area contributed by atoms with Crippen LogP contribution in [0.5, 0.6) is 0 Å². The molecule has 0 aliphatic carbocycles. The SMILES string of the molecule is CCOC(=O)c1cc(CC)sc1NC(=O)CSc1nnc(-c2ccc(N(C)C)cc2)n1C. The first-order valence-electron chi connectivity index (χ1n) is 10.2. The van der Waals surface area contributed by atoms with Gasteiger partial charge in [0.05, 0.1) is 17.9 Å². The molecule has 3 aromatic rings. The molecule has 0 radical (unpaired) electrons. The predicted molar refractivity (Wildman–Crippen MR) is 130 cm³/mol. The third kappa shape index (κ3) is 5.49. The molecule has 2 aromatic heterocycles. The van der Waals surface area contributed by atoms with Gasteiger partial charge in [-0.15, -0.1) is 21.5 Å². The summed E-state index contributed by atoms with van der Waals surface area (Å²) in [6.07, 6.45) is 0.777. The first-order valence-corrected chi connectivity index (χ1v) is 12.0. The maximum absolute atomic E-state index is 12.6. The minimum absolute atomic E-state index is 0.146. The summed E-state index contributed by atoms with van der Waals surface area (Å²) in [6.45, 7) is 4.04. The second-order valence-electron chi connectivity index (χ2n) is 7.17. The maximum Gasteiger partial charge on any atom is 0.341 e. The van der Waals surface area contributed by atoms with Gasteiger partial charge >= 0.3 is 5.97 Å². The van der Waals surface area contributed by atoms with E-state index in [1.54, 1.807) is 13.0 Å². The van der Waals surface area contributed by atoms with Crippen molar-refractivity contribution in [3.05, 3.63) is 40.8 Å². The molecule has 32 heavy (non-hydrogen) atoms. The minimum atomic E-state index is -0.426. The van der Waals surface area contributed by atoms with Crippen molar-refractivity contribution in [3.63, 3.8) is 0 Å². The second-order valence-corrected chi connectivity index (χ2v) is 9.25. The lowest BCUT2D eigenvalue weighted by Gasteiger charge is -2.12. The van der Waals surface area contributed by atoms with E-state index < -0.39 is 5.97 Å². The zero-order valence-electron chi connectivity index (χ0n) is 18.8. The van der Waals surface area contributed by atoms with Gasteiger partial charge in [-0.3, -0.25) is 4.79 Å². The molecule has 3 rings (SSSR count). The Bertz CT molecular complexity index is 1090. The van der Waals surface area contributed by atoms with Crippen molar-refractivity contribution in [1.82, 2.24) is 14.8 Å². The number of hydrogen-bond acceptors (Lipinski definition) is 8. The molecule has 8 nitrogen and oxygen atoms in total. The van der Waals surface area contributed by atoms with Gasteiger partial charge in [0.1, 0.15) is 5.00 Å². The van der Waals surface area contributed by atoms with Gasteiger partial charge in [-0.05, 0) is 43.7 Å². The smallest absolute Gasteiger partial charge is 0.341 e. The van der Waals surface area contributed by atoms with Crippen LogP contribution in [0.2, 0.25) is 0 Å². The van der Waals surface area contributed by atoms with Crippen LogP contribution in [0.15, 0.2) is 35.5 Å². The monoisotopic (exact) mass is 473 g/mol. The van der Waals surface area contributed by atoms with Gasteiger partial charge in [0.25, 0.3) is 0 Å². The lowest BCUT2D eigenvalue weighted by atomic mass is 10.2. The number of benzene rings is 1. The molecule has 0 unspecified atom stereocenters. The van der Waals surface area contributed by atoms with Gasteiger partial charge in [0.15, 0.2) is 11.0 Å². The molecule has 1 aromatic carbocycles. The van der Waals surface area contributed by atoms with Crippen molar-refractivity contribution in [3.8, 4) is 11.4 Å². The summed E-state index contributed by atoms with van der Waals surface area (Å²) in [6, 6.07) is 9.83. The molecule has 170 valence electrons. The lowest BCUT2D eigenvalue weighted by Crippen LogP contribution is -2.16. The van der Waals surface area contributed by atoms with Crippen LogP contribution >= 0.6 is 23.1 Å². The summed E-state index contributed by atoms with van der Waals surface area (Å²) >= 11 is 2.69. The zero-order valence-corrected chi connectivity index (χ0v) is 20.5. The molecule has 1 N–H and O–H groups in total. The van der Waals surface area contributed by atoms with Gasteiger partial charge in [-0.1, -0.05) is 18.7 Å². The standard InChI is InChI=1S/C22H27N5O3S2/c1-6-16-12-17(21(29)30-7-2)20(32-16)23-18(28)13-31-22-25-24-19(27(22)5)14-8-10-15(11-9-14)26(3)4/h8-12H,6-7,13H2,1-5H3,(H,23,28). The van der Waals surface area contributed by atoms with Crippen LogP contribution in [-0.4, -0.2) is 53.1 Å². The number of aromatic nitrogens is 3. The van der Waals surface area contributed by atoms with Crippen LogP contribution < -0.4 is 10.2 Å². The predicted octanol–water partition coefficient (Wildman–Crippen LogP) is 4.08. The molecule has 0 bridgehead atoms. The highest BCUT2D eigenvalue weighted by Crippen LogP contribution is 2.30. The molecule has 0 saturated carbocycles. The number of thiophene rings is 1. The largest absolute Gasteiger partial charge is 0.462 e. The number of carbonyl (C=O) groups excluding carboxylic acids is 2. The van der Waals surface area contributed by atoms with Crippen LogP contribution in [0.3, 0.4) is 0 Å². The van der Waals surface area contributed by atoms with E-state index >= 15 is 0 Å². The zero-order chi connectivity index (χ0) is 23.3. The van der Waals surface area contributed by atoms with E-state index in [-0.39, 0.29) is 18.3 Å². The van der Waals surface area contributed by atoms with Crippen molar-refractivity contribution in [2.45, 2.75) is 25.4 Å².